The van der Waals surface area contributed by atoms with Crippen LogP contribution in [0.1, 0.15) is 19.2 Å². The fourth-order valence-electron chi connectivity index (χ4n) is 2.56. The lowest BCUT2D eigenvalue weighted by atomic mass is 10.2. The fourth-order valence-corrected chi connectivity index (χ4v) is 3.21. The smallest absolute Gasteiger partial charge is 0.241 e. The van der Waals surface area contributed by atoms with E-state index < -0.39 is 29.0 Å². The van der Waals surface area contributed by atoms with E-state index in [1.165, 1.54) is 11.3 Å². The Labute approximate surface area is 163 Å². The van der Waals surface area contributed by atoms with Gasteiger partial charge < -0.3 is 9.84 Å². The van der Waals surface area contributed by atoms with E-state index in [1.54, 1.807) is 4.90 Å². The quantitative estimate of drug-likeness (QED) is 0.567. The molecular weight excluding hydrogens is 393 g/mol. The van der Waals surface area contributed by atoms with Crippen molar-refractivity contribution >= 4 is 22.9 Å². The van der Waals surface area contributed by atoms with E-state index in [-0.39, 0.29) is 13.1 Å². The highest BCUT2D eigenvalue weighted by Gasteiger charge is 2.19. The number of rotatable bonds is 8. The van der Waals surface area contributed by atoms with Crippen LogP contribution in [0, 0.1) is 17.5 Å². The lowest BCUT2D eigenvalue weighted by Crippen LogP contribution is -2.33. The monoisotopic (exact) mass is 410 g/mol. The summed E-state index contributed by atoms with van der Waals surface area (Å²) in [6, 6.07) is 5.47. The number of hydrogen-bond donors (Lipinski definition) is 1. The van der Waals surface area contributed by atoms with Crippen LogP contribution >= 0.6 is 11.3 Å². The molecule has 28 heavy (non-hydrogen) atoms. The van der Waals surface area contributed by atoms with Crippen molar-refractivity contribution in [3.05, 3.63) is 53.0 Å². The van der Waals surface area contributed by atoms with Gasteiger partial charge in [0, 0.05) is 0 Å². The van der Waals surface area contributed by atoms with Gasteiger partial charge in [0.25, 0.3) is 0 Å². The molecule has 0 aliphatic carbocycles. The maximum Gasteiger partial charge on any atom is 0.241 e. The third kappa shape index (κ3) is 4.76. The Morgan fingerprint density at radius 3 is 2.79 bits per heavy atom. The summed E-state index contributed by atoms with van der Waals surface area (Å²) in [5.41, 5.74) is -0.418. The number of halogens is 3. The number of aromatic nitrogens is 2. The highest BCUT2D eigenvalue weighted by atomic mass is 32.1. The van der Waals surface area contributed by atoms with E-state index in [0.717, 1.165) is 23.4 Å². The molecule has 1 amide bonds. The molecule has 2 aromatic heterocycles. The zero-order valence-corrected chi connectivity index (χ0v) is 15.7. The van der Waals surface area contributed by atoms with E-state index in [0.29, 0.717) is 18.3 Å². The zero-order valence-electron chi connectivity index (χ0n) is 14.9. The summed E-state index contributed by atoms with van der Waals surface area (Å²) in [4.78, 5) is 19.1. The van der Waals surface area contributed by atoms with Gasteiger partial charge in [-0.15, -0.1) is 11.3 Å². The van der Waals surface area contributed by atoms with E-state index in [4.69, 9.17) is 4.52 Å². The lowest BCUT2D eigenvalue weighted by Gasteiger charge is -2.19. The molecule has 0 aliphatic rings. The minimum absolute atomic E-state index is 0.108. The zero-order chi connectivity index (χ0) is 20.1. The summed E-state index contributed by atoms with van der Waals surface area (Å²) in [5.74, 6) is -4.15. The molecule has 0 unspecified atom stereocenters. The Morgan fingerprint density at radius 2 is 2.07 bits per heavy atom. The number of nitrogens with one attached hydrogen (secondary N) is 1. The number of anilines is 1. The Kier molecular flexibility index (Phi) is 6.42. The number of carbonyl (C=O) groups is 1. The Hall–Kier alpha value is -2.72. The summed E-state index contributed by atoms with van der Waals surface area (Å²) in [6.45, 7) is 2.60. The van der Waals surface area contributed by atoms with E-state index in [2.05, 4.69) is 15.5 Å². The van der Waals surface area contributed by atoms with Crippen molar-refractivity contribution in [1.82, 2.24) is 15.0 Å². The predicted molar refractivity (Wildman–Crippen MR) is 98.1 cm³/mol. The van der Waals surface area contributed by atoms with Gasteiger partial charge in [-0.05, 0) is 36.5 Å². The van der Waals surface area contributed by atoms with Gasteiger partial charge in [0.2, 0.25) is 17.6 Å². The van der Waals surface area contributed by atoms with Gasteiger partial charge in [-0.2, -0.15) is 4.98 Å². The van der Waals surface area contributed by atoms with Gasteiger partial charge in [0.05, 0.1) is 23.7 Å². The first-order chi connectivity index (χ1) is 13.5. The second kappa shape index (κ2) is 8.98. The topological polar surface area (TPSA) is 71.3 Å². The standard InChI is InChI=1S/C18H17F3N4O2S/c1-2-7-25(10-15-23-18(24-27-15)13-4-3-8-28-13)9-14(26)22-12-6-5-11(19)16(20)17(12)21/h3-6,8H,2,7,9-10H2,1H3,(H,22,26). The van der Waals surface area contributed by atoms with Crippen LogP contribution < -0.4 is 5.32 Å². The summed E-state index contributed by atoms with van der Waals surface area (Å²) < 4.78 is 45.2. The molecule has 0 aliphatic heterocycles. The predicted octanol–water partition coefficient (Wildman–Crippen LogP) is 4.07. The molecule has 0 atom stereocenters. The average Bonchev–Trinajstić information content (AvgIpc) is 3.34. The third-order valence-electron chi connectivity index (χ3n) is 3.78. The molecule has 6 nitrogen and oxygen atoms in total. The highest BCUT2D eigenvalue weighted by molar-refractivity contribution is 7.13. The van der Waals surface area contributed by atoms with Crippen LogP contribution in [0.15, 0.2) is 34.2 Å². The van der Waals surface area contributed by atoms with Crippen LogP contribution in [-0.4, -0.2) is 34.0 Å². The average molecular weight is 410 g/mol. The molecule has 3 rings (SSSR count). The first-order valence-electron chi connectivity index (χ1n) is 8.50. The maximum absolute atomic E-state index is 13.7. The van der Waals surface area contributed by atoms with Gasteiger partial charge >= 0.3 is 0 Å². The van der Waals surface area contributed by atoms with Crippen molar-refractivity contribution in [1.29, 1.82) is 0 Å². The third-order valence-corrected chi connectivity index (χ3v) is 4.65. The molecule has 0 saturated carbocycles. The molecule has 1 N–H and O–H groups in total. The second-order valence-corrected chi connectivity index (χ2v) is 6.92. The minimum Gasteiger partial charge on any atom is -0.338 e. The van der Waals surface area contributed by atoms with E-state index in [9.17, 15) is 18.0 Å². The van der Waals surface area contributed by atoms with Crippen molar-refractivity contribution in [3.63, 3.8) is 0 Å². The normalized spacial score (nSPS) is 11.2. The number of amides is 1. The summed E-state index contributed by atoms with van der Waals surface area (Å²) in [5, 5.41) is 8.07. The molecule has 1 aromatic carbocycles. The minimum atomic E-state index is -1.63. The molecular formula is C18H17F3N4O2S. The Bertz CT molecular complexity index is 946. The van der Waals surface area contributed by atoms with Gasteiger partial charge in [0.1, 0.15) is 0 Å². The lowest BCUT2D eigenvalue weighted by molar-refractivity contribution is -0.117. The number of hydrogen-bond acceptors (Lipinski definition) is 6. The Balaban J connectivity index is 1.64. The SMILES string of the molecule is CCCN(CC(=O)Nc1ccc(F)c(F)c1F)Cc1nc(-c2cccs2)no1. The molecule has 0 fully saturated rings. The summed E-state index contributed by atoms with van der Waals surface area (Å²) in [7, 11) is 0. The van der Waals surface area contributed by atoms with Crippen molar-refractivity contribution in [2.75, 3.05) is 18.4 Å². The first kappa shape index (κ1) is 20.0. The van der Waals surface area contributed by atoms with E-state index in [1.807, 2.05) is 24.4 Å². The van der Waals surface area contributed by atoms with Gasteiger partial charge in [-0.3, -0.25) is 9.69 Å². The van der Waals surface area contributed by atoms with Crippen LogP contribution in [0.25, 0.3) is 10.7 Å². The first-order valence-corrected chi connectivity index (χ1v) is 9.38. The molecule has 2 heterocycles. The van der Waals surface area contributed by atoms with Crippen LogP contribution in [-0.2, 0) is 11.3 Å². The summed E-state index contributed by atoms with van der Waals surface area (Å²) >= 11 is 1.48. The van der Waals surface area contributed by atoms with Crippen LogP contribution in [0.3, 0.4) is 0 Å². The summed E-state index contributed by atoms with van der Waals surface area (Å²) in [6.07, 6.45) is 0.749. The van der Waals surface area contributed by atoms with Crippen molar-refractivity contribution in [2.45, 2.75) is 19.9 Å². The number of carbonyl (C=O) groups excluding carboxylic acids is 1. The van der Waals surface area contributed by atoms with E-state index >= 15 is 0 Å². The number of thiophene rings is 1. The Morgan fingerprint density at radius 1 is 1.25 bits per heavy atom. The largest absolute Gasteiger partial charge is 0.338 e. The number of benzene rings is 1. The fraction of sp³-hybridized carbons (Fsp3) is 0.278. The van der Waals surface area contributed by atoms with Crippen LogP contribution in [0.5, 0.6) is 0 Å². The maximum atomic E-state index is 13.7. The van der Waals surface area contributed by atoms with Crippen LogP contribution in [0.2, 0.25) is 0 Å². The van der Waals surface area contributed by atoms with Crippen LogP contribution in [0.4, 0.5) is 18.9 Å². The van der Waals surface area contributed by atoms with Crippen molar-refractivity contribution < 1.29 is 22.5 Å². The van der Waals surface area contributed by atoms with Gasteiger partial charge in [0.15, 0.2) is 17.5 Å². The molecule has 0 saturated heterocycles. The van der Waals surface area contributed by atoms with Crippen molar-refractivity contribution in [2.24, 2.45) is 0 Å². The second-order valence-electron chi connectivity index (χ2n) is 5.97. The number of nitrogens with zero attached hydrogens (tertiary/aromatic N) is 3. The highest BCUT2D eigenvalue weighted by Crippen LogP contribution is 2.22. The van der Waals surface area contributed by atoms with Gasteiger partial charge in [-0.25, -0.2) is 13.2 Å². The molecule has 0 bridgehead atoms. The molecule has 148 valence electrons. The molecule has 3 aromatic rings. The molecule has 0 spiro atoms. The molecule has 0 radical (unpaired) electrons. The van der Waals surface area contributed by atoms with Gasteiger partial charge in [-0.1, -0.05) is 18.1 Å². The molecule has 10 heteroatoms. The van der Waals surface area contributed by atoms with Crippen molar-refractivity contribution in [3.8, 4) is 10.7 Å².